The molecule has 3 heteroatoms. The third kappa shape index (κ3) is 5.06. The van der Waals surface area contributed by atoms with Crippen molar-refractivity contribution in [2.24, 2.45) is 29.6 Å². The molecule has 1 saturated carbocycles. The van der Waals surface area contributed by atoms with Crippen molar-refractivity contribution < 1.29 is 10.2 Å². The molecule has 0 amide bonds. The first-order valence-corrected chi connectivity index (χ1v) is 13.5. The van der Waals surface area contributed by atoms with E-state index in [2.05, 4.69) is 75.1 Å². The summed E-state index contributed by atoms with van der Waals surface area (Å²) in [6.07, 6.45) is 6.27. The van der Waals surface area contributed by atoms with Crippen LogP contribution in [0.25, 0.3) is 0 Å². The van der Waals surface area contributed by atoms with Crippen molar-refractivity contribution in [3.8, 4) is 5.75 Å². The number of likely N-dealkylation sites (tertiary alicyclic amines) is 1. The Balaban J connectivity index is 1.75. The fourth-order valence-electron chi connectivity index (χ4n) is 7.47. The Kier molecular flexibility index (Phi) is 8.05. The molecule has 1 aliphatic carbocycles. The maximum absolute atomic E-state index is 9.93. The van der Waals surface area contributed by atoms with Gasteiger partial charge < -0.3 is 10.2 Å². The van der Waals surface area contributed by atoms with Gasteiger partial charge in [0.05, 0.1) is 0 Å². The Morgan fingerprint density at radius 2 is 1.68 bits per heavy atom. The van der Waals surface area contributed by atoms with Gasteiger partial charge in [0.2, 0.25) is 0 Å². The fourth-order valence-corrected chi connectivity index (χ4v) is 7.47. The van der Waals surface area contributed by atoms with Crippen molar-refractivity contribution in [1.29, 1.82) is 0 Å². The van der Waals surface area contributed by atoms with Gasteiger partial charge in [-0.1, -0.05) is 76.6 Å². The monoisotopic (exact) mass is 463 g/mol. The molecule has 0 spiro atoms. The number of rotatable bonds is 7. The van der Waals surface area contributed by atoms with Crippen LogP contribution in [0, 0.1) is 29.6 Å². The Morgan fingerprint density at radius 1 is 0.971 bits per heavy atom. The highest BCUT2D eigenvalue weighted by molar-refractivity contribution is 5.32. The second-order valence-electron chi connectivity index (χ2n) is 11.8. The molecular weight excluding hydrogens is 418 g/mol. The quantitative estimate of drug-likeness (QED) is 0.474. The Labute approximate surface area is 207 Å². The number of hydrogen-bond donors (Lipinski definition) is 2. The lowest BCUT2D eigenvalue weighted by Crippen LogP contribution is -2.52. The predicted molar refractivity (Wildman–Crippen MR) is 141 cm³/mol. The minimum absolute atomic E-state index is 0.205. The van der Waals surface area contributed by atoms with E-state index in [1.807, 2.05) is 12.1 Å². The summed E-state index contributed by atoms with van der Waals surface area (Å²) in [6, 6.07) is 19.7. The molecule has 1 aliphatic heterocycles. The number of nitrogens with zero attached hydrogens (tertiary/aromatic N) is 1. The van der Waals surface area contributed by atoms with Crippen LogP contribution in [0.15, 0.2) is 54.6 Å². The van der Waals surface area contributed by atoms with Gasteiger partial charge in [-0.05, 0) is 85.1 Å². The molecule has 0 bridgehead atoms. The van der Waals surface area contributed by atoms with Crippen LogP contribution < -0.4 is 0 Å². The number of phenolic OH excluding ortho intramolecular Hbond substituents is 1. The Morgan fingerprint density at radius 3 is 2.32 bits per heavy atom. The van der Waals surface area contributed by atoms with Crippen LogP contribution in [0.1, 0.15) is 77.0 Å². The van der Waals surface area contributed by atoms with E-state index in [4.69, 9.17) is 0 Å². The van der Waals surface area contributed by atoms with Gasteiger partial charge in [0.1, 0.15) is 5.75 Å². The minimum Gasteiger partial charge on any atom is -0.508 e. The zero-order chi connectivity index (χ0) is 24.3. The van der Waals surface area contributed by atoms with E-state index in [0.717, 1.165) is 25.4 Å². The lowest BCUT2D eigenvalue weighted by atomic mass is 9.50. The van der Waals surface area contributed by atoms with Crippen LogP contribution >= 0.6 is 0 Å². The zero-order valence-electron chi connectivity index (χ0n) is 21.7. The number of hydrogen-bond acceptors (Lipinski definition) is 3. The second kappa shape index (κ2) is 10.8. The van der Waals surface area contributed by atoms with Gasteiger partial charge in [-0.2, -0.15) is 0 Å². The summed E-state index contributed by atoms with van der Waals surface area (Å²) in [7, 11) is 0. The second-order valence-corrected chi connectivity index (χ2v) is 11.8. The van der Waals surface area contributed by atoms with Crippen molar-refractivity contribution in [3.63, 3.8) is 0 Å². The highest BCUT2D eigenvalue weighted by Gasteiger charge is 2.52. The summed E-state index contributed by atoms with van der Waals surface area (Å²) in [5, 5.41) is 19.7. The molecule has 2 fully saturated rings. The first-order chi connectivity index (χ1) is 16.3. The number of benzene rings is 2. The van der Waals surface area contributed by atoms with Gasteiger partial charge in [-0.25, -0.2) is 0 Å². The van der Waals surface area contributed by atoms with Crippen LogP contribution in [0.2, 0.25) is 0 Å². The summed E-state index contributed by atoms with van der Waals surface area (Å²) < 4.78 is 0. The summed E-state index contributed by atoms with van der Waals surface area (Å²) in [5.41, 5.74) is 3.05. The van der Waals surface area contributed by atoms with Crippen LogP contribution in [0.3, 0.4) is 0 Å². The number of aliphatic hydroxyl groups is 1. The third-order valence-corrected chi connectivity index (χ3v) is 9.01. The highest BCUT2D eigenvalue weighted by Crippen LogP contribution is 2.57. The average molecular weight is 464 g/mol. The lowest BCUT2D eigenvalue weighted by Gasteiger charge is -2.56. The normalized spacial score (nSPS) is 31.5. The van der Waals surface area contributed by atoms with E-state index in [0.29, 0.717) is 29.5 Å². The van der Waals surface area contributed by atoms with E-state index >= 15 is 0 Å². The van der Waals surface area contributed by atoms with Crippen LogP contribution in [0.5, 0.6) is 5.75 Å². The van der Waals surface area contributed by atoms with Crippen molar-refractivity contribution in [3.05, 3.63) is 65.7 Å². The number of piperidine rings is 1. The molecule has 4 rings (SSSR count). The van der Waals surface area contributed by atoms with Crippen LogP contribution in [-0.2, 0) is 5.41 Å². The first-order valence-electron chi connectivity index (χ1n) is 13.5. The summed E-state index contributed by atoms with van der Waals surface area (Å²) in [6.45, 7) is 11.7. The van der Waals surface area contributed by atoms with Crippen molar-refractivity contribution in [2.45, 2.75) is 71.3 Å². The molecule has 34 heavy (non-hydrogen) atoms. The van der Waals surface area contributed by atoms with Gasteiger partial charge >= 0.3 is 0 Å². The van der Waals surface area contributed by atoms with Gasteiger partial charge in [0.15, 0.2) is 0 Å². The largest absolute Gasteiger partial charge is 0.508 e. The molecule has 186 valence electrons. The molecule has 3 nitrogen and oxygen atoms in total. The molecule has 6 atom stereocenters. The molecule has 1 saturated heterocycles. The van der Waals surface area contributed by atoms with Crippen LogP contribution in [-0.4, -0.2) is 34.8 Å². The van der Waals surface area contributed by atoms with Gasteiger partial charge in [-0.15, -0.1) is 0 Å². The van der Waals surface area contributed by atoms with E-state index in [1.165, 1.54) is 31.2 Å². The summed E-state index contributed by atoms with van der Waals surface area (Å²) >= 11 is 0. The first kappa shape index (κ1) is 25.3. The standard InChI is InChI=1S/C31H45NO2/c1-22(2)29-15-10-23(3)19-31(29,26-8-6-5-7-9-26)27-16-17-32(20-24(4)21-33)30(18-27)25-11-13-28(34)14-12-25/h5-9,11-14,22-24,27,29-30,33-34H,10,15-21H2,1-4H3. The lowest BCUT2D eigenvalue weighted by molar-refractivity contribution is -0.00834. The van der Waals surface area contributed by atoms with E-state index in [9.17, 15) is 10.2 Å². The smallest absolute Gasteiger partial charge is 0.115 e. The maximum Gasteiger partial charge on any atom is 0.115 e. The van der Waals surface area contributed by atoms with E-state index in [-0.39, 0.29) is 17.9 Å². The molecule has 0 aromatic heterocycles. The van der Waals surface area contributed by atoms with Gasteiger partial charge in [-0.3, -0.25) is 4.90 Å². The molecule has 0 radical (unpaired) electrons. The van der Waals surface area contributed by atoms with Crippen molar-refractivity contribution in [1.82, 2.24) is 4.90 Å². The zero-order valence-corrected chi connectivity index (χ0v) is 21.7. The summed E-state index contributed by atoms with van der Waals surface area (Å²) in [4.78, 5) is 2.60. The predicted octanol–water partition coefficient (Wildman–Crippen LogP) is 6.80. The fraction of sp³-hybridized carbons (Fsp3) is 0.613. The minimum atomic E-state index is 0.205. The van der Waals surface area contributed by atoms with Crippen LogP contribution in [0.4, 0.5) is 0 Å². The van der Waals surface area contributed by atoms with Gasteiger partial charge in [0, 0.05) is 24.6 Å². The molecule has 2 aromatic carbocycles. The Bertz CT molecular complexity index is 895. The highest BCUT2D eigenvalue weighted by atomic mass is 16.3. The van der Waals surface area contributed by atoms with Crippen molar-refractivity contribution >= 4 is 0 Å². The molecule has 6 unspecified atom stereocenters. The molecule has 1 heterocycles. The van der Waals surface area contributed by atoms with E-state index < -0.39 is 0 Å². The van der Waals surface area contributed by atoms with Crippen molar-refractivity contribution in [2.75, 3.05) is 19.7 Å². The molecule has 2 aliphatic rings. The Hall–Kier alpha value is -1.84. The molecule has 2 N–H and O–H groups in total. The number of aromatic hydroxyl groups is 1. The number of phenols is 1. The topological polar surface area (TPSA) is 43.7 Å². The van der Waals surface area contributed by atoms with Gasteiger partial charge in [0.25, 0.3) is 0 Å². The average Bonchev–Trinajstić information content (AvgIpc) is 2.85. The SMILES string of the molecule is CC(CO)CN1CCC(C2(c3ccccc3)CC(C)CCC2C(C)C)CC1c1ccc(O)cc1. The molecular formula is C31H45NO2. The summed E-state index contributed by atoms with van der Waals surface area (Å²) in [5.74, 6) is 3.30. The molecule has 2 aromatic rings. The maximum atomic E-state index is 9.93. The van der Waals surface area contributed by atoms with E-state index in [1.54, 1.807) is 5.56 Å². The number of aliphatic hydroxyl groups excluding tert-OH is 1. The third-order valence-electron chi connectivity index (χ3n) is 9.01.